The molecule has 0 radical (unpaired) electrons. The summed E-state index contributed by atoms with van der Waals surface area (Å²) in [6.07, 6.45) is 9.56. The average molecular weight is 284 g/mol. The smallest absolute Gasteiger partial charge is 0.317 e. The van der Waals surface area contributed by atoms with Gasteiger partial charge in [-0.15, -0.1) is 6.58 Å². The summed E-state index contributed by atoms with van der Waals surface area (Å²) in [5.41, 5.74) is 1.13. The lowest BCUT2D eigenvalue weighted by Crippen LogP contribution is -2.41. The maximum Gasteiger partial charge on any atom is 0.317 e. The third-order valence-corrected chi connectivity index (χ3v) is 3.77. The van der Waals surface area contributed by atoms with E-state index in [0.29, 0.717) is 19.0 Å². The molecule has 0 aliphatic heterocycles. The SMILES string of the molecule is C=CCN(Cc1ccccc1)C(=O)NCC1CC=CCC1. The van der Waals surface area contributed by atoms with Crippen molar-refractivity contribution in [2.75, 3.05) is 13.1 Å². The Labute approximate surface area is 127 Å². The normalized spacial score (nSPS) is 17.2. The Hall–Kier alpha value is -2.03. The van der Waals surface area contributed by atoms with Crippen molar-refractivity contribution >= 4 is 6.03 Å². The lowest BCUT2D eigenvalue weighted by Gasteiger charge is -2.24. The van der Waals surface area contributed by atoms with Gasteiger partial charge >= 0.3 is 6.03 Å². The molecule has 2 amide bonds. The molecule has 2 rings (SSSR count). The van der Waals surface area contributed by atoms with Crippen LogP contribution in [0, 0.1) is 5.92 Å². The molecule has 0 fully saturated rings. The van der Waals surface area contributed by atoms with Crippen LogP contribution >= 0.6 is 0 Å². The molecule has 1 N–H and O–H groups in total. The van der Waals surface area contributed by atoms with Crippen molar-refractivity contribution in [3.8, 4) is 0 Å². The van der Waals surface area contributed by atoms with Gasteiger partial charge in [0.05, 0.1) is 0 Å². The fraction of sp³-hybridized carbons (Fsp3) is 0.389. The Balaban J connectivity index is 1.86. The van der Waals surface area contributed by atoms with Crippen LogP contribution in [0.4, 0.5) is 4.79 Å². The molecule has 0 spiro atoms. The maximum absolute atomic E-state index is 12.3. The van der Waals surface area contributed by atoms with E-state index in [0.717, 1.165) is 31.4 Å². The number of rotatable bonds is 6. The largest absolute Gasteiger partial charge is 0.338 e. The van der Waals surface area contributed by atoms with Gasteiger partial charge in [0.25, 0.3) is 0 Å². The van der Waals surface area contributed by atoms with Crippen LogP contribution in [0.1, 0.15) is 24.8 Å². The second-order valence-electron chi connectivity index (χ2n) is 5.49. The quantitative estimate of drug-likeness (QED) is 0.793. The van der Waals surface area contributed by atoms with Gasteiger partial charge in [-0.1, -0.05) is 48.6 Å². The zero-order chi connectivity index (χ0) is 14.9. The Morgan fingerprint density at radius 2 is 2.14 bits per heavy atom. The summed E-state index contributed by atoms with van der Waals surface area (Å²) in [7, 11) is 0. The van der Waals surface area contributed by atoms with Crippen LogP contribution in [-0.2, 0) is 6.54 Å². The highest BCUT2D eigenvalue weighted by molar-refractivity contribution is 5.74. The molecule has 0 aromatic heterocycles. The molecule has 112 valence electrons. The standard InChI is InChI=1S/C18H24N2O/c1-2-13-20(15-17-11-7-4-8-12-17)18(21)19-14-16-9-5-3-6-10-16/h2-5,7-8,11-12,16H,1,6,9-10,13-15H2,(H,19,21). The van der Waals surface area contributed by atoms with Gasteiger partial charge in [-0.3, -0.25) is 0 Å². The second-order valence-corrected chi connectivity index (χ2v) is 5.49. The molecule has 0 saturated carbocycles. The first-order valence-electron chi connectivity index (χ1n) is 7.62. The number of nitrogens with zero attached hydrogens (tertiary/aromatic N) is 1. The Bertz CT molecular complexity index is 481. The average Bonchev–Trinajstić information content (AvgIpc) is 2.54. The molecule has 21 heavy (non-hydrogen) atoms. The first-order valence-corrected chi connectivity index (χ1v) is 7.62. The summed E-state index contributed by atoms with van der Waals surface area (Å²) in [6, 6.07) is 10.0. The summed E-state index contributed by atoms with van der Waals surface area (Å²) in [6.45, 7) is 5.67. The summed E-state index contributed by atoms with van der Waals surface area (Å²) in [5, 5.41) is 3.06. The summed E-state index contributed by atoms with van der Waals surface area (Å²) >= 11 is 0. The molecule has 0 saturated heterocycles. The highest BCUT2D eigenvalue weighted by Crippen LogP contribution is 2.17. The van der Waals surface area contributed by atoms with Crippen LogP contribution in [0.15, 0.2) is 55.1 Å². The van der Waals surface area contributed by atoms with Gasteiger partial charge in [-0.05, 0) is 30.7 Å². The molecular formula is C18H24N2O. The first-order chi connectivity index (χ1) is 10.3. The number of hydrogen-bond acceptors (Lipinski definition) is 1. The Morgan fingerprint density at radius 3 is 2.81 bits per heavy atom. The monoisotopic (exact) mass is 284 g/mol. The van der Waals surface area contributed by atoms with E-state index in [-0.39, 0.29) is 6.03 Å². The van der Waals surface area contributed by atoms with E-state index in [4.69, 9.17) is 0 Å². The van der Waals surface area contributed by atoms with Gasteiger partial charge in [-0.2, -0.15) is 0 Å². The summed E-state index contributed by atoms with van der Waals surface area (Å²) < 4.78 is 0. The van der Waals surface area contributed by atoms with Crippen molar-refractivity contribution in [2.24, 2.45) is 5.92 Å². The third kappa shape index (κ3) is 5.10. The number of allylic oxidation sites excluding steroid dienone is 2. The molecule has 1 aliphatic rings. The predicted octanol–water partition coefficient (Wildman–Crippen LogP) is 3.74. The van der Waals surface area contributed by atoms with E-state index in [1.54, 1.807) is 11.0 Å². The van der Waals surface area contributed by atoms with Crippen molar-refractivity contribution < 1.29 is 4.79 Å². The van der Waals surface area contributed by atoms with Crippen LogP contribution in [-0.4, -0.2) is 24.0 Å². The number of amides is 2. The molecular weight excluding hydrogens is 260 g/mol. The second kappa shape index (κ2) is 8.30. The maximum atomic E-state index is 12.3. The molecule has 1 aromatic carbocycles. The minimum absolute atomic E-state index is 0.00620. The van der Waals surface area contributed by atoms with Gasteiger partial charge in [0, 0.05) is 19.6 Å². The highest BCUT2D eigenvalue weighted by atomic mass is 16.2. The van der Waals surface area contributed by atoms with Crippen LogP contribution in [0.25, 0.3) is 0 Å². The van der Waals surface area contributed by atoms with Crippen molar-refractivity contribution in [3.05, 3.63) is 60.7 Å². The highest BCUT2D eigenvalue weighted by Gasteiger charge is 2.15. The predicted molar refractivity (Wildman–Crippen MR) is 86.9 cm³/mol. The summed E-state index contributed by atoms with van der Waals surface area (Å²) in [5.74, 6) is 0.571. The van der Waals surface area contributed by atoms with E-state index >= 15 is 0 Å². The van der Waals surface area contributed by atoms with E-state index in [1.807, 2.05) is 30.3 Å². The van der Waals surface area contributed by atoms with Crippen molar-refractivity contribution in [3.63, 3.8) is 0 Å². The fourth-order valence-electron chi connectivity index (χ4n) is 2.56. The molecule has 3 nitrogen and oxygen atoms in total. The van der Waals surface area contributed by atoms with Crippen LogP contribution in [0.2, 0.25) is 0 Å². The van der Waals surface area contributed by atoms with Crippen LogP contribution in [0.5, 0.6) is 0 Å². The first kappa shape index (κ1) is 15.4. The number of carbonyl (C=O) groups is 1. The summed E-state index contributed by atoms with van der Waals surface area (Å²) in [4.78, 5) is 14.1. The number of urea groups is 1. The lowest BCUT2D eigenvalue weighted by atomic mass is 9.94. The minimum atomic E-state index is -0.00620. The number of benzene rings is 1. The molecule has 0 heterocycles. The topological polar surface area (TPSA) is 32.3 Å². The van der Waals surface area contributed by atoms with Crippen molar-refractivity contribution in [1.29, 1.82) is 0 Å². The Kier molecular flexibility index (Phi) is 6.07. The molecule has 1 atom stereocenters. The lowest BCUT2D eigenvalue weighted by molar-refractivity contribution is 0.198. The number of hydrogen-bond donors (Lipinski definition) is 1. The van der Waals surface area contributed by atoms with Crippen LogP contribution in [0.3, 0.4) is 0 Å². The molecule has 0 bridgehead atoms. The number of carbonyl (C=O) groups excluding carboxylic acids is 1. The van der Waals surface area contributed by atoms with E-state index in [2.05, 4.69) is 24.0 Å². The van der Waals surface area contributed by atoms with Gasteiger partial charge in [0.2, 0.25) is 0 Å². The fourth-order valence-corrected chi connectivity index (χ4v) is 2.56. The molecule has 1 unspecified atom stereocenters. The third-order valence-electron chi connectivity index (χ3n) is 3.77. The number of nitrogens with one attached hydrogen (secondary N) is 1. The van der Waals surface area contributed by atoms with Gasteiger partial charge in [0.15, 0.2) is 0 Å². The van der Waals surface area contributed by atoms with Gasteiger partial charge < -0.3 is 10.2 Å². The Morgan fingerprint density at radius 1 is 1.33 bits per heavy atom. The van der Waals surface area contributed by atoms with E-state index in [1.165, 1.54) is 0 Å². The van der Waals surface area contributed by atoms with Gasteiger partial charge in [-0.25, -0.2) is 4.79 Å². The van der Waals surface area contributed by atoms with Crippen molar-refractivity contribution in [1.82, 2.24) is 10.2 Å². The molecule has 1 aliphatic carbocycles. The zero-order valence-electron chi connectivity index (χ0n) is 12.5. The zero-order valence-corrected chi connectivity index (χ0v) is 12.5. The molecule has 1 aromatic rings. The van der Waals surface area contributed by atoms with E-state index in [9.17, 15) is 4.79 Å². The minimum Gasteiger partial charge on any atom is -0.338 e. The van der Waals surface area contributed by atoms with Crippen LogP contribution < -0.4 is 5.32 Å². The van der Waals surface area contributed by atoms with E-state index < -0.39 is 0 Å². The molecule has 3 heteroatoms. The van der Waals surface area contributed by atoms with Crippen molar-refractivity contribution in [2.45, 2.75) is 25.8 Å². The van der Waals surface area contributed by atoms with Gasteiger partial charge in [0.1, 0.15) is 0 Å².